The molecule has 1 amide bonds. The van der Waals surface area contributed by atoms with Crippen LogP contribution < -0.4 is 16.2 Å². The Morgan fingerprint density at radius 1 is 1.35 bits per heavy atom. The van der Waals surface area contributed by atoms with E-state index >= 15 is 0 Å². The summed E-state index contributed by atoms with van der Waals surface area (Å²) in [6.07, 6.45) is 3.35. The van der Waals surface area contributed by atoms with Gasteiger partial charge in [0.25, 0.3) is 5.91 Å². The van der Waals surface area contributed by atoms with Crippen molar-refractivity contribution in [3.63, 3.8) is 0 Å². The number of hydroxylamine groups is 1. The molecule has 2 aromatic carbocycles. The number of halogens is 1. The predicted octanol–water partition coefficient (Wildman–Crippen LogP) is 3.07. The van der Waals surface area contributed by atoms with E-state index in [4.69, 9.17) is 10.6 Å². The summed E-state index contributed by atoms with van der Waals surface area (Å²) in [5.74, 6) is -0.319. The van der Waals surface area contributed by atoms with Crippen LogP contribution in [0, 0.1) is 10.5 Å². The predicted molar refractivity (Wildman–Crippen MR) is 112 cm³/mol. The first-order chi connectivity index (χ1) is 12.5. The summed E-state index contributed by atoms with van der Waals surface area (Å²) >= 11 is 2.28. The van der Waals surface area contributed by atoms with Gasteiger partial charge in [-0.2, -0.15) is 5.10 Å². The Bertz CT molecular complexity index is 895. The number of carbonyl (C=O) groups is 1. The normalized spacial score (nSPS) is 17.8. The Hall–Kier alpha value is -2.23. The summed E-state index contributed by atoms with van der Waals surface area (Å²) in [4.78, 5) is 16.7. The van der Waals surface area contributed by atoms with E-state index in [0.717, 1.165) is 26.0 Å². The molecule has 0 aromatic heterocycles. The molecule has 1 unspecified atom stereocenters. The number of benzene rings is 2. The minimum absolute atomic E-state index is 0.319. The summed E-state index contributed by atoms with van der Waals surface area (Å²) in [5.41, 5.74) is 12.9. The van der Waals surface area contributed by atoms with E-state index in [1.54, 1.807) is 23.4 Å². The number of aryl methyl sites for hydroxylation is 1. The molecule has 1 aliphatic heterocycles. The number of nitrogens with zero attached hydrogens (tertiary/aromatic N) is 2. The number of carbonyl (C=O) groups excluding carboxylic acids is 1. The molecule has 0 saturated carbocycles. The van der Waals surface area contributed by atoms with Gasteiger partial charge in [0.1, 0.15) is 6.17 Å². The van der Waals surface area contributed by atoms with Crippen molar-refractivity contribution in [2.24, 2.45) is 10.8 Å². The molecule has 1 atom stereocenters. The van der Waals surface area contributed by atoms with Crippen molar-refractivity contribution < 1.29 is 9.63 Å². The second-order valence-corrected chi connectivity index (χ2v) is 7.12. The van der Waals surface area contributed by atoms with Gasteiger partial charge in [-0.05, 0) is 71.0 Å². The van der Waals surface area contributed by atoms with Crippen LogP contribution in [0.3, 0.4) is 0 Å². The van der Waals surface area contributed by atoms with Crippen molar-refractivity contribution in [2.75, 3.05) is 12.1 Å². The number of amides is 1. The highest BCUT2D eigenvalue weighted by Crippen LogP contribution is 2.28. The lowest BCUT2D eigenvalue weighted by Crippen LogP contribution is -2.36. The van der Waals surface area contributed by atoms with Gasteiger partial charge in [0.15, 0.2) is 0 Å². The molecule has 6 nitrogen and oxygen atoms in total. The van der Waals surface area contributed by atoms with Crippen LogP contribution in [-0.2, 0) is 4.84 Å². The van der Waals surface area contributed by atoms with E-state index in [1.165, 1.54) is 7.11 Å². The Morgan fingerprint density at radius 2 is 2.15 bits per heavy atom. The molecule has 0 fully saturated rings. The Morgan fingerprint density at radius 3 is 2.88 bits per heavy atom. The number of nitrogens with one attached hydrogen (secondary N) is 1. The van der Waals surface area contributed by atoms with E-state index in [2.05, 4.69) is 39.2 Å². The summed E-state index contributed by atoms with van der Waals surface area (Å²) in [5, 5.41) is 6.17. The van der Waals surface area contributed by atoms with Crippen LogP contribution in [0.5, 0.6) is 0 Å². The Labute approximate surface area is 165 Å². The molecule has 3 N–H and O–H groups in total. The monoisotopic (exact) mass is 462 g/mol. The van der Waals surface area contributed by atoms with Crippen LogP contribution in [0.4, 0.5) is 5.69 Å². The number of anilines is 1. The molecule has 0 aliphatic carbocycles. The Balaban J connectivity index is 1.89. The second kappa shape index (κ2) is 7.98. The minimum atomic E-state index is -0.424. The quantitative estimate of drug-likeness (QED) is 0.541. The number of hydrogen-bond donors (Lipinski definition) is 2. The number of rotatable bonds is 4. The van der Waals surface area contributed by atoms with Crippen molar-refractivity contribution in [2.45, 2.75) is 13.1 Å². The highest BCUT2D eigenvalue weighted by atomic mass is 127. The highest BCUT2D eigenvalue weighted by molar-refractivity contribution is 14.1. The van der Waals surface area contributed by atoms with Crippen LogP contribution in [0.25, 0.3) is 6.08 Å². The molecule has 3 rings (SSSR count). The minimum Gasteiger partial charge on any atom is -0.306 e. The zero-order chi connectivity index (χ0) is 18.7. The van der Waals surface area contributed by atoms with Gasteiger partial charge in [-0.1, -0.05) is 18.2 Å². The summed E-state index contributed by atoms with van der Waals surface area (Å²) < 4.78 is 1.16. The maximum Gasteiger partial charge on any atom is 0.274 e. The molecule has 1 aliphatic rings. The van der Waals surface area contributed by atoms with Crippen molar-refractivity contribution in [3.8, 4) is 0 Å². The smallest absolute Gasteiger partial charge is 0.274 e. The molecule has 1 heterocycles. The zero-order valence-corrected chi connectivity index (χ0v) is 16.6. The first-order valence-electron chi connectivity index (χ1n) is 7.99. The van der Waals surface area contributed by atoms with E-state index in [1.807, 2.05) is 37.3 Å². The van der Waals surface area contributed by atoms with Crippen molar-refractivity contribution in [1.29, 1.82) is 0 Å². The van der Waals surface area contributed by atoms with Crippen molar-refractivity contribution in [3.05, 3.63) is 68.3 Å². The lowest BCUT2D eigenvalue weighted by Gasteiger charge is -2.23. The van der Waals surface area contributed by atoms with Gasteiger partial charge in [-0.15, -0.1) is 0 Å². The van der Waals surface area contributed by atoms with Crippen LogP contribution in [-0.4, -0.2) is 25.4 Å². The molecule has 134 valence electrons. The molecular weight excluding hydrogens is 443 g/mol. The fraction of sp³-hybridized carbons (Fsp3) is 0.158. The molecule has 0 radical (unpaired) electrons. The Kier molecular flexibility index (Phi) is 5.70. The molecular formula is C19H19IN4O2. The number of nitrogens with two attached hydrogens (primary N) is 1. The SMILES string of the molecule is CONC(=O)c1ccc(C)c(N2N=CC(=Cc3cccc(I)c3)C2N)c1. The van der Waals surface area contributed by atoms with E-state index in [-0.39, 0.29) is 5.91 Å². The van der Waals surface area contributed by atoms with Crippen LogP contribution in [0.15, 0.2) is 53.1 Å². The summed E-state index contributed by atoms with van der Waals surface area (Å²) in [7, 11) is 1.40. The van der Waals surface area contributed by atoms with Crippen molar-refractivity contribution >= 4 is 46.5 Å². The van der Waals surface area contributed by atoms with Crippen molar-refractivity contribution in [1.82, 2.24) is 5.48 Å². The fourth-order valence-corrected chi connectivity index (χ4v) is 3.26. The van der Waals surface area contributed by atoms with Gasteiger partial charge in [0.2, 0.25) is 0 Å². The summed E-state index contributed by atoms with van der Waals surface area (Å²) in [6, 6.07) is 13.5. The van der Waals surface area contributed by atoms with Gasteiger partial charge in [0.05, 0.1) is 19.0 Å². The lowest BCUT2D eigenvalue weighted by atomic mass is 10.1. The van der Waals surface area contributed by atoms with E-state index in [9.17, 15) is 4.79 Å². The molecule has 0 spiro atoms. The van der Waals surface area contributed by atoms with Gasteiger partial charge >= 0.3 is 0 Å². The van der Waals surface area contributed by atoms with Gasteiger partial charge in [-0.3, -0.25) is 9.63 Å². The van der Waals surface area contributed by atoms with Crippen LogP contribution in [0.2, 0.25) is 0 Å². The van der Waals surface area contributed by atoms with Crippen LogP contribution >= 0.6 is 22.6 Å². The maximum absolute atomic E-state index is 12.0. The maximum atomic E-state index is 12.0. The lowest BCUT2D eigenvalue weighted by molar-refractivity contribution is 0.0537. The zero-order valence-electron chi connectivity index (χ0n) is 14.4. The van der Waals surface area contributed by atoms with Gasteiger partial charge < -0.3 is 5.73 Å². The largest absolute Gasteiger partial charge is 0.306 e. The van der Waals surface area contributed by atoms with E-state index in [0.29, 0.717) is 5.56 Å². The summed E-state index contributed by atoms with van der Waals surface area (Å²) in [6.45, 7) is 1.96. The average Bonchev–Trinajstić information content (AvgIpc) is 2.96. The molecule has 7 heteroatoms. The molecule has 0 bridgehead atoms. The number of hydrogen-bond acceptors (Lipinski definition) is 5. The van der Waals surface area contributed by atoms with Crippen LogP contribution in [0.1, 0.15) is 21.5 Å². The first kappa shape index (κ1) is 18.6. The second-order valence-electron chi connectivity index (χ2n) is 5.87. The fourth-order valence-electron chi connectivity index (χ4n) is 2.69. The standard InChI is InChI=1S/C19H19IN4O2/c1-12-6-7-14(19(25)23-26-2)10-17(12)24-18(21)15(11-22-24)8-13-4-3-5-16(20)9-13/h3-11,18H,21H2,1-2H3,(H,23,25). The molecule has 0 saturated heterocycles. The van der Waals surface area contributed by atoms with Gasteiger partial charge in [-0.25, -0.2) is 10.5 Å². The molecule has 2 aromatic rings. The first-order valence-corrected chi connectivity index (χ1v) is 9.07. The number of hydrazone groups is 1. The molecule has 26 heavy (non-hydrogen) atoms. The third-order valence-electron chi connectivity index (χ3n) is 4.03. The van der Waals surface area contributed by atoms with Gasteiger partial charge in [0, 0.05) is 14.7 Å². The topological polar surface area (TPSA) is 80.0 Å². The van der Waals surface area contributed by atoms with E-state index < -0.39 is 6.17 Å². The highest BCUT2D eigenvalue weighted by Gasteiger charge is 2.25. The third kappa shape index (κ3) is 3.95. The average molecular weight is 462 g/mol. The third-order valence-corrected chi connectivity index (χ3v) is 4.70.